The van der Waals surface area contributed by atoms with Crippen molar-refractivity contribution in [2.24, 2.45) is 0 Å². The van der Waals surface area contributed by atoms with Gasteiger partial charge in [0.25, 0.3) is 5.91 Å². The highest BCUT2D eigenvalue weighted by molar-refractivity contribution is 7.14. The van der Waals surface area contributed by atoms with Gasteiger partial charge < -0.3 is 14.6 Å². The number of hydrogen-bond acceptors (Lipinski definition) is 6. The molecular formula is C28H30Cl2N2O5S. The van der Waals surface area contributed by atoms with Crippen LogP contribution in [0.5, 0.6) is 5.75 Å². The summed E-state index contributed by atoms with van der Waals surface area (Å²) in [7, 11) is 1.63. The van der Waals surface area contributed by atoms with E-state index >= 15 is 0 Å². The van der Waals surface area contributed by atoms with Crippen molar-refractivity contribution in [3.63, 3.8) is 0 Å². The summed E-state index contributed by atoms with van der Waals surface area (Å²) in [6.07, 6.45) is 4.12. The zero-order valence-electron chi connectivity index (χ0n) is 21.6. The van der Waals surface area contributed by atoms with Crippen molar-refractivity contribution in [1.82, 2.24) is 4.98 Å². The van der Waals surface area contributed by atoms with Gasteiger partial charge in [0, 0.05) is 39.8 Å². The van der Waals surface area contributed by atoms with Gasteiger partial charge in [-0.2, -0.15) is 0 Å². The van der Waals surface area contributed by atoms with Gasteiger partial charge in [0.2, 0.25) is 0 Å². The topological polar surface area (TPSA) is 97.8 Å². The highest BCUT2D eigenvalue weighted by atomic mass is 35.5. The van der Waals surface area contributed by atoms with Crippen molar-refractivity contribution in [1.29, 1.82) is 0 Å². The molecule has 0 bridgehead atoms. The average molecular weight is 578 g/mol. The van der Waals surface area contributed by atoms with Crippen molar-refractivity contribution in [2.75, 3.05) is 19.0 Å². The van der Waals surface area contributed by atoms with Gasteiger partial charge in [-0.3, -0.25) is 10.1 Å². The van der Waals surface area contributed by atoms with Crippen LogP contribution < -0.4 is 10.1 Å². The molecule has 1 aromatic heterocycles. The maximum Gasteiger partial charge on any atom is 0.331 e. The Morgan fingerprint density at radius 2 is 1.92 bits per heavy atom. The molecule has 0 unspecified atom stereocenters. The lowest BCUT2D eigenvalue weighted by atomic mass is 10.0. The van der Waals surface area contributed by atoms with E-state index in [4.69, 9.17) is 37.8 Å². The summed E-state index contributed by atoms with van der Waals surface area (Å²) in [5.74, 6) is -0.843. The molecule has 1 heterocycles. The second kappa shape index (κ2) is 13.8. The van der Waals surface area contributed by atoms with Crippen LogP contribution in [0.3, 0.4) is 0 Å². The van der Waals surface area contributed by atoms with Gasteiger partial charge in [-0.15, -0.1) is 11.3 Å². The van der Waals surface area contributed by atoms with Gasteiger partial charge in [-0.1, -0.05) is 55.6 Å². The molecule has 0 aliphatic rings. The summed E-state index contributed by atoms with van der Waals surface area (Å²) in [6, 6.07) is 8.75. The van der Waals surface area contributed by atoms with Crippen molar-refractivity contribution in [3.8, 4) is 17.0 Å². The Morgan fingerprint density at radius 1 is 1.21 bits per heavy atom. The first-order valence-corrected chi connectivity index (χ1v) is 13.8. The number of hydrogen-bond donors (Lipinski definition) is 2. The van der Waals surface area contributed by atoms with E-state index in [1.165, 1.54) is 36.5 Å². The number of aliphatic carboxylic acids is 1. The number of nitrogens with one attached hydrogen (secondary N) is 1. The van der Waals surface area contributed by atoms with E-state index in [-0.39, 0.29) is 27.3 Å². The molecular weight excluding hydrogens is 547 g/mol. The van der Waals surface area contributed by atoms with Crippen molar-refractivity contribution < 1.29 is 24.2 Å². The normalized spacial score (nSPS) is 12.3. The minimum atomic E-state index is -1.09. The van der Waals surface area contributed by atoms with E-state index in [2.05, 4.69) is 24.1 Å². The van der Waals surface area contributed by atoms with Crippen LogP contribution in [-0.4, -0.2) is 35.7 Å². The van der Waals surface area contributed by atoms with Crippen LogP contribution in [0, 0.1) is 0 Å². The van der Waals surface area contributed by atoms with Gasteiger partial charge in [0.15, 0.2) is 5.13 Å². The summed E-state index contributed by atoms with van der Waals surface area (Å²) in [5, 5.41) is 14.4. The number of anilines is 1. The van der Waals surface area contributed by atoms with Crippen LogP contribution in [0.15, 0.2) is 41.3 Å². The zero-order valence-corrected chi connectivity index (χ0v) is 24.0. The molecule has 202 valence electrons. The number of thiazole rings is 1. The van der Waals surface area contributed by atoms with Crippen LogP contribution in [0.25, 0.3) is 17.3 Å². The molecule has 1 atom stereocenters. The Morgan fingerprint density at radius 3 is 2.53 bits per heavy atom. The zero-order chi connectivity index (χ0) is 27.8. The lowest BCUT2D eigenvalue weighted by Crippen LogP contribution is -2.12. The molecule has 1 amide bonds. The highest BCUT2D eigenvalue weighted by Gasteiger charge is 2.21. The van der Waals surface area contributed by atoms with Crippen molar-refractivity contribution in [2.45, 2.75) is 46.1 Å². The van der Waals surface area contributed by atoms with Crippen LogP contribution >= 0.6 is 34.5 Å². The van der Waals surface area contributed by atoms with Gasteiger partial charge in [0.05, 0.1) is 29.0 Å². The number of para-hydroxylation sites is 1. The quantitative estimate of drug-likeness (QED) is 0.167. The maximum atomic E-state index is 12.9. The lowest BCUT2D eigenvalue weighted by Gasteiger charge is -2.20. The third-order valence-electron chi connectivity index (χ3n) is 5.82. The second-order valence-electron chi connectivity index (χ2n) is 8.53. The summed E-state index contributed by atoms with van der Waals surface area (Å²) in [6.45, 7) is 6.32. The standard InChI is InChI=1S/C28H30Cl2N2O5S/c1-5-7-11-37-24(6-2)19-10-8-9-18(25(19)36-4)23-15-38-28(31-23)32-26(33)17-13-21(29)20(22(30)14-17)12-16(3)27(34)35/h8-10,12-15,24H,5-7,11H2,1-4H3,(H,34,35)(H,31,32,33)/t24-/m0/s1. The summed E-state index contributed by atoms with van der Waals surface area (Å²) >= 11 is 13.9. The fraction of sp³-hybridized carbons (Fsp3) is 0.321. The number of carbonyl (C=O) groups excluding carboxylic acids is 1. The molecule has 0 spiro atoms. The Hall–Kier alpha value is -2.91. The molecule has 0 aliphatic heterocycles. The van der Waals surface area contributed by atoms with Gasteiger partial charge in [-0.25, -0.2) is 9.78 Å². The van der Waals surface area contributed by atoms with E-state index in [1.807, 2.05) is 23.6 Å². The van der Waals surface area contributed by atoms with E-state index in [1.54, 1.807) is 7.11 Å². The molecule has 10 heteroatoms. The monoisotopic (exact) mass is 576 g/mol. The molecule has 0 radical (unpaired) electrons. The third-order valence-corrected chi connectivity index (χ3v) is 7.21. The Kier molecular flexibility index (Phi) is 10.7. The summed E-state index contributed by atoms with van der Waals surface area (Å²) < 4.78 is 11.9. The largest absolute Gasteiger partial charge is 0.496 e. The number of rotatable bonds is 12. The molecule has 0 saturated carbocycles. The first kappa shape index (κ1) is 29.6. The van der Waals surface area contributed by atoms with Gasteiger partial charge in [0.1, 0.15) is 5.75 Å². The highest BCUT2D eigenvalue weighted by Crippen LogP contribution is 2.39. The number of aromatic nitrogens is 1. The number of unbranched alkanes of at least 4 members (excludes halogenated alkanes) is 1. The fourth-order valence-corrected chi connectivity index (χ4v) is 5.09. The Bertz CT molecular complexity index is 1320. The molecule has 2 aromatic carbocycles. The predicted molar refractivity (Wildman–Crippen MR) is 154 cm³/mol. The molecule has 3 aromatic rings. The molecule has 2 N–H and O–H groups in total. The Labute approximate surface area is 236 Å². The van der Waals surface area contributed by atoms with E-state index in [9.17, 15) is 9.59 Å². The van der Waals surface area contributed by atoms with Crippen LogP contribution in [0.1, 0.15) is 67.6 Å². The number of carboxylic acid groups (broad SMARTS) is 1. The maximum absolute atomic E-state index is 12.9. The minimum Gasteiger partial charge on any atom is -0.496 e. The first-order chi connectivity index (χ1) is 18.2. The summed E-state index contributed by atoms with van der Waals surface area (Å²) in [4.78, 5) is 28.7. The van der Waals surface area contributed by atoms with Crippen LogP contribution in [0.4, 0.5) is 5.13 Å². The first-order valence-electron chi connectivity index (χ1n) is 12.2. The number of halogens is 2. The molecule has 0 saturated heterocycles. The number of ether oxygens (including phenoxy) is 2. The van der Waals surface area contributed by atoms with Gasteiger partial charge in [-0.05, 0) is 44.0 Å². The van der Waals surface area contributed by atoms with Crippen LogP contribution in [0.2, 0.25) is 10.0 Å². The van der Waals surface area contributed by atoms with Crippen molar-refractivity contribution in [3.05, 3.63) is 68.0 Å². The predicted octanol–water partition coefficient (Wildman–Crippen LogP) is 8.13. The smallest absolute Gasteiger partial charge is 0.331 e. The fourth-order valence-electron chi connectivity index (χ4n) is 3.79. The summed E-state index contributed by atoms with van der Waals surface area (Å²) in [5.41, 5.74) is 3.04. The molecule has 0 aliphatic carbocycles. The molecule has 0 fully saturated rings. The lowest BCUT2D eigenvalue weighted by molar-refractivity contribution is -0.132. The van der Waals surface area contributed by atoms with Gasteiger partial charge >= 0.3 is 5.97 Å². The SMILES string of the molecule is CCCCO[C@@H](CC)c1cccc(-c2csc(NC(=O)c3cc(Cl)c(C=C(C)C(=O)O)c(Cl)c3)n2)c1OC. The second-order valence-corrected chi connectivity index (χ2v) is 10.2. The number of carboxylic acids is 1. The van der Waals surface area contributed by atoms with Crippen molar-refractivity contribution >= 4 is 57.6 Å². The van der Waals surface area contributed by atoms with E-state index in [0.29, 0.717) is 28.7 Å². The molecule has 38 heavy (non-hydrogen) atoms. The number of benzene rings is 2. The van der Waals surface area contributed by atoms with Crippen LogP contribution in [-0.2, 0) is 9.53 Å². The molecule has 7 nitrogen and oxygen atoms in total. The number of nitrogens with zero attached hydrogens (tertiary/aromatic N) is 1. The van der Waals surface area contributed by atoms with E-state index < -0.39 is 11.9 Å². The average Bonchev–Trinajstić information content (AvgIpc) is 3.36. The number of carbonyl (C=O) groups is 2. The molecule has 3 rings (SSSR count). The Balaban J connectivity index is 1.84. The minimum absolute atomic E-state index is 0.0681. The number of methoxy groups -OCH3 is 1. The number of amides is 1. The third kappa shape index (κ3) is 7.14. The van der Waals surface area contributed by atoms with E-state index in [0.717, 1.165) is 30.4 Å².